The Hall–Kier alpha value is -4.37. The third-order valence-corrected chi connectivity index (χ3v) is 7.11. The maximum absolute atomic E-state index is 13.4. The number of phenols is 1. The smallest absolute Gasteiger partial charge is 0.301 e. The van der Waals surface area contributed by atoms with Gasteiger partial charge in [-0.15, -0.1) is 0 Å². The predicted molar refractivity (Wildman–Crippen MR) is 146 cm³/mol. The molecule has 2 N–H and O–H groups in total. The molecule has 1 aliphatic heterocycles. The predicted octanol–water partition coefficient (Wildman–Crippen LogP) is 5.82. The van der Waals surface area contributed by atoms with Gasteiger partial charge in [-0.2, -0.15) is 0 Å². The molecule has 194 valence electrons. The van der Waals surface area contributed by atoms with Crippen molar-refractivity contribution in [2.24, 2.45) is 0 Å². The zero-order valence-corrected chi connectivity index (χ0v) is 21.7. The molecule has 1 atom stereocenters. The van der Waals surface area contributed by atoms with Crippen LogP contribution in [-0.2, 0) is 9.59 Å². The number of nitrogens with zero attached hydrogens (tertiary/aromatic N) is 2. The molecule has 8 nitrogen and oxygen atoms in total. The van der Waals surface area contributed by atoms with E-state index in [1.54, 1.807) is 48.5 Å². The van der Waals surface area contributed by atoms with Gasteiger partial charge in [0.15, 0.2) is 5.13 Å². The first-order chi connectivity index (χ1) is 18.4. The van der Waals surface area contributed by atoms with E-state index in [2.05, 4.69) is 4.98 Å². The number of aliphatic hydroxyl groups excluding tert-OH is 1. The van der Waals surface area contributed by atoms with Gasteiger partial charge in [0, 0.05) is 5.56 Å². The van der Waals surface area contributed by atoms with E-state index >= 15 is 0 Å². The Kier molecular flexibility index (Phi) is 7.02. The van der Waals surface area contributed by atoms with Crippen molar-refractivity contribution in [3.8, 4) is 17.2 Å². The summed E-state index contributed by atoms with van der Waals surface area (Å²) >= 11 is 1.24. The van der Waals surface area contributed by atoms with Gasteiger partial charge in [0.05, 0.1) is 35.0 Å². The number of aromatic hydroxyl groups is 1. The van der Waals surface area contributed by atoms with Gasteiger partial charge in [0.25, 0.3) is 5.78 Å². The highest BCUT2D eigenvalue weighted by Crippen LogP contribution is 2.45. The van der Waals surface area contributed by atoms with E-state index < -0.39 is 17.7 Å². The molecule has 0 saturated carbocycles. The number of phenolic OH excluding ortho intramolecular Hbond substituents is 1. The molecule has 2 heterocycles. The highest BCUT2D eigenvalue weighted by molar-refractivity contribution is 7.22. The van der Waals surface area contributed by atoms with Crippen LogP contribution in [0.4, 0.5) is 5.13 Å². The molecule has 1 aliphatic rings. The highest BCUT2D eigenvalue weighted by Gasteiger charge is 2.48. The lowest BCUT2D eigenvalue weighted by molar-refractivity contribution is -0.132. The summed E-state index contributed by atoms with van der Waals surface area (Å²) in [6.07, 6.45) is 0.855. The van der Waals surface area contributed by atoms with Gasteiger partial charge in [-0.1, -0.05) is 30.4 Å². The Morgan fingerprint density at radius 1 is 1.00 bits per heavy atom. The number of hydrogen-bond acceptors (Lipinski definition) is 8. The number of fused-ring (bicyclic) bond motifs is 1. The molecular weight excluding hydrogens is 504 g/mol. The number of aromatic nitrogens is 1. The van der Waals surface area contributed by atoms with Gasteiger partial charge in [-0.25, -0.2) is 4.98 Å². The summed E-state index contributed by atoms with van der Waals surface area (Å²) in [5, 5.41) is 21.8. The van der Waals surface area contributed by atoms with Crippen molar-refractivity contribution in [2.45, 2.75) is 26.3 Å². The number of aliphatic hydroxyl groups is 1. The van der Waals surface area contributed by atoms with Gasteiger partial charge < -0.3 is 19.7 Å². The van der Waals surface area contributed by atoms with E-state index in [1.807, 2.05) is 19.9 Å². The zero-order valence-electron chi connectivity index (χ0n) is 20.9. The number of benzene rings is 3. The summed E-state index contributed by atoms with van der Waals surface area (Å²) in [5.41, 5.74) is 1.38. The summed E-state index contributed by atoms with van der Waals surface area (Å²) in [6.45, 7) is 4.96. The number of carbonyl (C=O) groups excluding carboxylic acids is 2. The van der Waals surface area contributed by atoms with Crippen molar-refractivity contribution in [2.75, 3.05) is 18.1 Å². The summed E-state index contributed by atoms with van der Waals surface area (Å²) in [5.74, 6) is -0.692. The number of rotatable bonds is 8. The van der Waals surface area contributed by atoms with Crippen LogP contribution in [0.5, 0.6) is 17.2 Å². The standard InChI is InChI=1S/C29H26N2O6S/c1-3-14-37-20-10-8-17(9-11-20)26(33)24-25(18-6-5-7-19(32)15-18)31(28(35)27(24)34)29-30-22-13-12-21(36-4-2)16-23(22)38-29/h5-13,15-16,25,32-33H,3-4,14H2,1-2H3. The first-order valence-electron chi connectivity index (χ1n) is 12.3. The van der Waals surface area contributed by atoms with Crippen molar-refractivity contribution in [3.63, 3.8) is 0 Å². The monoisotopic (exact) mass is 530 g/mol. The Labute approximate surface area is 223 Å². The fraction of sp³-hybridized carbons (Fsp3) is 0.207. The minimum absolute atomic E-state index is 0.0313. The average molecular weight is 531 g/mol. The normalized spacial score (nSPS) is 16.8. The fourth-order valence-electron chi connectivity index (χ4n) is 4.38. The van der Waals surface area contributed by atoms with E-state index in [0.29, 0.717) is 46.5 Å². The maximum atomic E-state index is 13.4. The van der Waals surface area contributed by atoms with Gasteiger partial charge in [0.1, 0.15) is 23.0 Å². The van der Waals surface area contributed by atoms with Crippen LogP contribution in [0.25, 0.3) is 16.0 Å². The largest absolute Gasteiger partial charge is 0.508 e. The number of hydrogen-bond donors (Lipinski definition) is 2. The number of amides is 1. The molecule has 0 aliphatic carbocycles. The van der Waals surface area contributed by atoms with Crippen molar-refractivity contribution in [1.82, 2.24) is 4.98 Å². The molecule has 38 heavy (non-hydrogen) atoms. The Balaban J connectivity index is 1.63. The van der Waals surface area contributed by atoms with Crippen molar-refractivity contribution < 1.29 is 29.3 Å². The van der Waals surface area contributed by atoms with Crippen LogP contribution >= 0.6 is 11.3 Å². The Bertz CT molecular complexity index is 1540. The Morgan fingerprint density at radius 3 is 2.47 bits per heavy atom. The number of anilines is 1. The lowest BCUT2D eigenvalue weighted by Gasteiger charge is -2.23. The number of thiazole rings is 1. The van der Waals surface area contributed by atoms with E-state index in [-0.39, 0.29) is 17.1 Å². The minimum atomic E-state index is -0.995. The van der Waals surface area contributed by atoms with Gasteiger partial charge in [-0.3, -0.25) is 14.5 Å². The topological polar surface area (TPSA) is 109 Å². The number of carbonyl (C=O) groups is 2. The number of ether oxygens (including phenoxy) is 2. The lowest BCUT2D eigenvalue weighted by atomic mass is 9.95. The maximum Gasteiger partial charge on any atom is 0.301 e. The van der Waals surface area contributed by atoms with Crippen LogP contribution in [0.2, 0.25) is 0 Å². The summed E-state index contributed by atoms with van der Waals surface area (Å²) in [6, 6.07) is 17.4. The van der Waals surface area contributed by atoms with Crippen LogP contribution in [-0.4, -0.2) is 40.1 Å². The summed E-state index contributed by atoms with van der Waals surface area (Å²) in [7, 11) is 0. The summed E-state index contributed by atoms with van der Waals surface area (Å²) in [4.78, 5) is 32.7. The molecule has 9 heteroatoms. The molecule has 1 unspecified atom stereocenters. The summed E-state index contributed by atoms with van der Waals surface area (Å²) < 4.78 is 12.0. The van der Waals surface area contributed by atoms with E-state index in [1.165, 1.54) is 28.4 Å². The van der Waals surface area contributed by atoms with Crippen molar-refractivity contribution in [3.05, 3.63) is 83.4 Å². The average Bonchev–Trinajstić information content (AvgIpc) is 3.45. The molecule has 1 fully saturated rings. The molecule has 1 saturated heterocycles. The third-order valence-electron chi connectivity index (χ3n) is 6.10. The molecule has 0 bridgehead atoms. The van der Waals surface area contributed by atoms with Crippen LogP contribution in [0, 0.1) is 0 Å². The minimum Gasteiger partial charge on any atom is -0.508 e. The van der Waals surface area contributed by atoms with Crippen LogP contribution in [0.15, 0.2) is 72.3 Å². The van der Waals surface area contributed by atoms with Crippen molar-refractivity contribution in [1.29, 1.82) is 0 Å². The molecule has 1 aromatic heterocycles. The van der Waals surface area contributed by atoms with Crippen LogP contribution in [0.1, 0.15) is 37.4 Å². The fourth-order valence-corrected chi connectivity index (χ4v) is 5.40. The molecular formula is C29H26N2O6S. The molecule has 3 aromatic carbocycles. The first kappa shape index (κ1) is 25.3. The molecule has 4 aromatic rings. The van der Waals surface area contributed by atoms with Crippen LogP contribution in [0.3, 0.4) is 0 Å². The van der Waals surface area contributed by atoms with E-state index in [9.17, 15) is 19.8 Å². The zero-order chi connectivity index (χ0) is 26.8. The van der Waals surface area contributed by atoms with Crippen molar-refractivity contribution >= 4 is 44.1 Å². The van der Waals surface area contributed by atoms with Gasteiger partial charge >= 0.3 is 5.91 Å². The first-order valence-corrected chi connectivity index (χ1v) is 13.1. The Morgan fingerprint density at radius 2 is 1.76 bits per heavy atom. The van der Waals surface area contributed by atoms with Gasteiger partial charge in [-0.05, 0) is 73.5 Å². The highest BCUT2D eigenvalue weighted by atomic mass is 32.1. The molecule has 5 rings (SSSR count). The number of ketones is 1. The quantitative estimate of drug-likeness (QED) is 0.168. The van der Waals surface area contributed by atoms with Crippen LogP contribution < -0.4 is 14.4 Å². The van der Waals surface area contributed by atoms with E-state index in [0.717, 1.165) is 11.1 Å². The second-order valence-electron chi connectivity index (χ2n) is 8.70. The molecule has 0 spiro atoms. The van der Waals surface area contributed by atoms with Gasteiger partial charge in [0.2, 0.25) is 0 Å². The van der Waals surface area contributed by atoms with E-state index in [4.69, 9.17) is 9.47 Å². The second kappa shape index (κ2) is 10.5. The number of Topliss-reactive ketones (excluding diaryl/α,β-unsaturated/α-hetero) is 1. The molecule has 1 amide bonds. The lowest BCUT2D eigenvalue weighted by Crippen LogP contribution is -2.29. The second-order valence-corrected chi connectivity index (χ2v) is 9.71. The molecule has 0 radical (unpaired) electrons. The third kappa shape index (κ3) is 4.68. The SMILES string of the molecule is CCCOc1ccc(C(O)=C2C(=O)C(=O)N(c3nc4ccc(OCC)cc4s3)C2c2cccc(O)c2)cc1.